The number of amides is 1. The van der Waals surface area contributed by atoms with Gasteiger partial charge in [-0.2, -0.15) is 0 Å². The van der Waals surface area contributed by atoms with E-state index >= 15 is 0 Å². The maximum Gasteiger partial charge on any atom is 0.328 e. The van der Waals surface area contributed by atoms with Gasteiger partial charge in [-0.1, -0.05) is 18.2 Å². The van der Waals surface area contributed by atoms with Crippen molar-refractivity contribution in [3.63, 3.8) is 0 Å². The van der Waals surface area contributed by atoms with E-state index in [-0.39, 0.29) is 18.9 Å². The molecule has 1 saturated heterocycles. The van der Waals surface area contributed by atoms with E-state index in [1.807, 2.05) is 39.9 Å². The topological polar surface area (TPSA) is 95.7 Å². The fraction of sp³-hybridized carbons (Fsp3) is 0.304. The number of piperazine rings is 1. The van der Waals surface area contributed by atoms with Crippen molar-refractivity contribution in [1.29, 1.82) is 0 Å². The first kappa shape index (κ1) is 20.2. The Kier molecular flexibility index (Phi) is 5.32. The number of nitrogens with one attached hydrogen (secondary N) is 1. The van der Waals surface area contributed by atoms with Crippen LogP contribution < -0.4 is 11.2 Å². The van der Waals surface area contributed by atoms with Crippen LogP contribution in [0.4, 0.5) is 0 Å². The summed E-state index contributed by atoms with van der Waals surface area (Å²) in [6.07, 6.45) is 4.24. The third-order valence-electron chi connectivity index (χ3n) is 5.98. The number of H-pyrrole nitrogens is 1. The van der Waals surface area contributed by atoms with E-state index in [0.29, 0.717) is 24.0 Å². The van der Waals surface area contributed by atoms with Crippen molar-refractivity contribution in [3.05, 3.63) is 81.4 Å². The molecular formula is C23H24N6O3. The number of para-hydroxylation sites is 1. The molecule has 0 unspecified atom stereocenters. The van der Waals surface area contributed by atoms with E-state index in [1.54, 1.807) is 24.3 Å². The summed E-state index contributed by atoms with van der Waals surface area (Å²) >= 11 is 0. The molecule has 1 amide bonds. The Morgan fingerprint density at radius 1 is 1.00 bits per heavy atom. The molecule has 4 aromatic rings. The van der Waals surface area contributed by atoms with Gasteiger partial charge in [-0.15, -0.1) is 0 Å². The molecule has 0 aliphatic carbocycles. The number of hydrogen-bond acceptors (Lipinski definition) is 5. The van der Waals surface area contributed by atoms with Crippen LogP contribution >= 0.6 is 0 Å². The van der Waals surface area contributed by atoms with E-state index in [1.165, 1.54) is 4.57 Å². The number of rotatable bonds is 5. The van der Waals surface area contributed by atoms with Crippen LogP contribution in [0.2, 0.25) is 0 Å². The lowest BCUT2D eigenvalue weighted by molar-refractivity contribution is -0.133. The van der Waals surface area contributed by atoms with Crippen LogP contribution in [0.3, 0.4) is 0 Å². The molecule has 1 N–H and O–H groups in total. The zero-order chi connectivity index (χ0) is 22.1. The van der Waals surface area contributed by atoms with Crippen LogP contribution in [0.15, 0.2) is 64.4 Å². The number of pyridine rings is 1. The van der Waals surface area contributed by atoms with E-state index in [2.05, 4.69) is 14.9 Å². The smallest absolute Gasteiger partial charge is 0.328 e. The van der Waals surface area contributed by atoms with Crippen molar-refractivity contribution >= 4 is 22.5 Å². The molecule has 1 aliphatic rings. The second kappa shape index (κ2) is 8.43. The molecule has 5 rings (SSSR count). The zero-order valence-corrected chi connectivity index (χ0v) is 17.6. The highest BCUT2D eigenvalue weighted by atomic mass is 16.2. The standard InChI is InChI=1S/C23H24N6O3/c30-21(8-10-29-19-6-2-1-5-18(19)22(31)25-23(29)32)27-13-11-26(12-14-27)15-17-16-28-9-4-3-7-20(28)24-17/h1-7,9,16H,8,10-15H2,(H,25,31,32). The van der Waals surface area contributed by atoms with Gasteiger partial charge in [-0.25, -0.2) is 9.78 Å². The van der Waals surface area contributed by atoms with Crippen LogP contribution in [0, 0.1) is 0 Å². The first-order chi connectivity index (χ1) is 15.6. The molecule has 9 nitrogen and oxygen atoms in total. The third-order valence-corrected chi connectivity index (χ3v) is 5.98. The first-order valence-electron chi connectivity index (χ1n) is 10.7. The molecule has 0 spiro atoms. The summed E-state index contributed by atoms with van der Waals surface area (Å²) in [6, 6.07) is 12.9. The van der Waals surface area contributed by atoms with Crippen LogP contribution in [0.25, 0.3) is 16.6 Å². The van der Waals surface area contributed by atoms with E-state index < -0.39 is 11.2 Å². The molecule has 9 heteroatoms. The Bertz CT molecular complexity index is 1360. The average molecular weight is 432 g/mol. The van der Waals surface area contributed by atoms with Gasteiger partial charge in [0.25, 0.3) is 5.56 Å². The monoisotopic (exact) mass is 432 g/mol. The maximum atomic E-state index is 12.8. The number of nitrogens with zero attached hydrogens (tertiary/aromatic N) is 5. The Labute approximate surface area is 183 Å². The fourth-order valence-electron chi connectivity index (χ4n) is 4.28. The molecular weight excluding hydrogens is 408 g/mol. The maximum absolute atomic E-state index is 12.8. The highest BCUT2D eigenvalue weighted by molar-refractivity contribution is 5.79. The first-order valence-corrected chi connectivity index (χ1v) is 10.7. The van der Waals surface area contributed by atoms with Crippen LogP contribution in [-0.2, 0) is 17.9 Å². The molecule has 164 valence electrons. The molecule has 1 aliphatic heterocycles. The van der Waals surface area contributed by atoms with Crippen LogP contribution in [0.5, 0.6) is 0 Å². The van der Waals surface area contributed by atoms with Crippen molar-refractivity contribution in [2.45, 2.75) is 19.5 Å². The minimum Gasteiger partial charge on any atom is -0.340 e. The molecule has 32 heavy (non-hydrogen) atoms. The van der Waals surface area contributed by atoms with Gasteiger partial charge in [0, 0.05) is 58.1 Å². The molecule has 0 radical (unpaired) electrons. The highest BCUT2D eigenvalue weighted by Gasteiger charge is 2.22. The van der Waals surface area contributed by atoms with Gasteiger partial charge < -0.3 is 9.30 Å². The minimum atomic E-state index is -0.487. The molecule has 1 aromatic carbocycles. The lowest BCUT2D eigenvalue weighted by atomic mass is 10.2. The van der Waals surface area contributed by atoms with E-state index in [9.17, 15) is 14.4 Å². The van der Waals surface area contributed by atoms with Crippen molar-refractivity contribution in [2.75, 3.05) is 26.2 Å². The molecule has 0 saturated carbocycles. The largest absolute Gasteiger partial charge is 0.340 e. The quantitative estimate of drug-likeness (QED) is 0.509. The third kappa shape index (κ3) is 3.94. The lowest BCUT2D eigenvalue weighted by Gasteiger charge is -2.34. The van der Waals surface area contributed by atoms with E-state index in [0.717, 1.165) is 31.0 Å². The van der Waals surface area contributed by atoms with Gasteiger partial charge in [0.1, 0.15) is 5.65 Å². The summed E-state index contributed by atoms with van der Waals surface area (Å²) in [5.74, 6) is 0.0135. The van der Waals surface area contributed by atoms with Gasteiger partial charge in [0.15, 0.2) is 0 Å². The summed E-state index contributed by atoms with van der Waals surface area (Å²) in [4.78, 5) is 48.2. The number of aromatic amines is 1. The normalized spacial score (nSPS) is 14.9. The number of aromatic nitrogens is 4. The number of carbonyl (C=O) groups excluding carboxylic acids is 1. The van der Waals surface area contributed by atoms with Crippen molar-refractivity contribution in [1.82, 2.24) is 28.7 Å². The number of carbonyl (C=O) groups is 1. The zero-order valence-electron chi connectivity index (χ0n) is 17.6. The SMILES string of the molecule is O=C(CCn1c(=O)[nH]c(=O)c2ccccc21)N1CCN(Cc2cn3ccccc3n2)CC1. The fourth-order valence-corrected chi connectivity index (χ4v) is 4.28. The van der Waals surface area contributed by atoms with Crippen molar-refractivity contribution < 1.29 is 4.79 Å². The Morgan fingerprint density at radius 3 is 2.59 bits per heavy atom. The summed E-state index contributed by atoms with van der Waals surface area (Å²) < 4.78 is 3.48. The predicted octanol–water partition coefficient (Wildman–Crippen LogP) is 1.07. The van der Waals surface area contributed by atoms with Gasteiger partial charge >= 0.3 is 5.69 Å². The second-order valence-electron chi connectivity index (χ2n) is 8.03. The highest BCUT2D eigenvalue weighted by Crippen LogP contribution is 2.12. The molecule has 3 aromatic heterocycles. The number of aryl methyl sites for hydroxylation is 1. The predicted molar refractivity (Wildman–Crippen MR) is 120 cm³/mol. The van der Waals surface area contributed by atoms with Gasteiger partial charge in [-0.3, -0.25) is 24.0 Å². The molecule has 4 heterocycles. The summed E-state index contributed by atoms with van der Waals surface area (Å²) in [5, 5.41) is 0.445. The number of imidazole rings is 1. The lowest BCUT2D eigenvalue weighted by Crippen LogP contribution is -2.48. The molecule has 0 bridgehead atoms. The Hall–Kier alpha value is -3.72. The summed E-state index contributed by atoms with van der Waals surface area (Å²) in [7, 11) is 0. The number of fused-ring (bicyclic) bond motifs is 2. The number of benzene rings is 1. The van der Waals surface area contributed by atoms with E-state index in [4.69, 9.17) is 0 Å². The van der Waals surface area contributed by atoms with Gasteiger partial charge in [-0.05, 0) is 24.3 Å². The average Bonchev–Trinajstić information content (AvgIpc) is 3.21. The Morgan fingerprint density at radius 2 is 1.78 bits per heavy atom. The second-order valence-corrected chi connectivity index (χ2v) is 8.03. The minimum absolute atomic E-state index is 0.0135. The van der Waals surface area contributed by atoms with Crippen molar-refractivity contribution in [3.8, 4) is 0 Å². The molecule has 0 atom stereocenters. The van der Waals surface area contributed by atoms with Crippen molar-refractivity contribution in [2.24, 2.45) is 0 Å². The summed E-state index contributed by atoms with van der Waals surface area (Å²) in [5.41, 5.74) is 1.60. The van der Waals surface area contributed by atoms with Gasteiger partial charge in [0.2, 0.25) is 5.91 Å². The Balaban J connectivity index is 1.19. The van der Waals surface area contributed by atoms with Crippen LogP contribution in [-0.4, -0.2) is 60.8 Å². The summed E-state index contributed by atoms with van der Waals surface area (Å²) in [6.45, 7) is 3.84. The van der Waals surface area contributed by atoms with Crippen LogP contribution in [0.1, 0.15) is 12.1 Å². The number of hydrogen-bond donors (Lipinski definition) is 1. The van der Waals surface area contributed by atoms with Gasteiger partial charge in [0.05, 0.1) is 16.6 Å². The molecule has 1 fully saturated rings.